The Morgan fingerprint density at radius 1 is 0.840 bits per heavy atom. The van der Waals surface area contributed by atoms with Gasteiger partial charge in [-0.1, -0.05) is 46.3 Å². The molecule has 4 aromatic rings. The maximum atomic E-state index is 13.1. The third kappa shape index (κ3) is 3.06. The molecule has 122 valence electrons. The highest BCUT2D eigenvalue weighted by Gasteiger charge is 2.12. The van der Waals surface area contributed by atoms with E-state index < -0.39 is 0 Å². The Morgan fingerprint density at radius 2 is 1.52 bits per heavy atom. The molecule has 0 aliphatic rings. The molecule has 0 aliphatic heterocycles. The van der Waals surface area contributed by atoms with Crippen LogP contribution < -0.4 is 10.9 Å². The molecule has 25 heavy (non-hydrogen) atoms. The lowest BCUT2D eigenvalue weighted by molar-refractivity contribution is 0.974. The largest absolute Gasteiger partial charge is 0.325 e. The van der Waals surface area contributed by atoms with Gasteiger partial charge in [0.25, 0.3) is 5.56 Å². The third-order valence-corrected chi connectivity index (χ3v) is 4.42. The summed E-state index contributed by atoms with van der Waals surface area (Å²) in [6.45, 7) is 0. The topological polar surface area (TPSA) is 46.9 Å². The van der Waals surface area contributed by atoms with Crippen molar-refractivity contribution in [3.63, 3.8) is 0 Å². The zero-order valence-electron chi connectivity index (χ0n) is 13.2. The molecule has 5 heteroatoms. The van der Waals surface area contributed by atoms with Crippen molar-refractivity contribution in [2.45, 2.75) is 0 Å². The number of nitrogens with zero attached hydrogens (tertiary/aromatic N) is 2. The van der Waals surface area contributed by atoms with E-state index in [1.54, 1.807) is 10.6 Å². The highest BCUT2D eigenvalue weighted by Crippen LogP contribution is 2.21. The first kappa shape index (κ1) is 15.6. The first-order valence-corrected chi connectivity index (χ1v) is 8.61. The summed E-state index contributed by atoms with van der Waals surface area (Å²) in [5.74, 6) is 0.484. The van der Waals surface area contributed by atoms with Crippen LogP contribution in [0.1, 0.15) is 0 Å². The van der Waals surface area contributed by atoms with Crippen molar-refractivity contribution < 1.29 is 0 Å². The zero-order chi connectivity index (χ0) is 17.2. The van der Waals surface area contributed by atoms with E-state index in [0.717, 1.165) is 15.8 Å². The van der Waals surface area contributed by atoms with Crippen LogP contribution >= 0.6 is 15.9 Å². The number of halogens is 1. The minimum atomic E-state index is -0.101. The molecular weight excluding hydrogens is 378 g/mol. The van der Waals surface area contributed by atoms with E-state index in [1.807, 2.05) is 72.8 Å². The molecule has 1 N–H and O–H groups in total. The maximum absolute atomic E-state index is 13.1. The molecule has 3 aromatic carbocycles. The van der Waals surface area contributed by atoms with Gasteiger partial charge in [-0.2, -0.15) is 0 Å². The van der Waals surface area contributed by atoms with E-state index in [9.17, 15) is 4.79 Å². The molecule has 4 rings (SSSR count). The molecule has 0 unspecified atom stereocenters. The summed E-state index contributed by atoms with van der Waals surface area (Å²) in [6.07, 6.45) is 0. The van der Waals surface area contributed by atoms with Gasteiger partial charge in [0.1, 0.15) is 0 Å². The molecule has 4 nitrogen and oxygen atoms in total. The Balaban J connectivity index is 1.95. The first-order chi connectivity index (χ1) is 12.2. The standard InChI is InChI=1S/C20H14BrN3O/c21-14-10-12-15(13-11-14)22-20-23-18-9-5-4-8-17(18)19(25)24(20)16-6-2-1-3-7-16/h1-13H,(H,22,23). The second-order valence-electron chi connectivity index (χ2n) is 5.56. The summed E-state index contributed by atoms with van der Waals surface area (Å²) < 4.78 is 2.59. The Morgan fingerprint density at radius 3 is 2.28 bits per heavy atom. The van der Waals surface area contributed by atoms with Gasteiger partial charge in [-0.15, -0.1) is 0 Å². The molecule has 0 fully saturated rings. The van der Waals surface area contributed by atoms with Gasteiger partial charge in [0, 0.05) is 10.2 Å². The Hall–Kier alpha value is -2.92. The fourth-order valence-electron chi connectivity index (χ4n) is 2.70. The van der Waals surface area contributed by atoms with Crippen LogP contribution in [0.2, 0.25) is 0 Å². The van der Waals surface area contributed by atoms with E-state index in [4.69, 9.17) is 0 Å². The van der Waals surface area contributed by atoms with Gasteiger partial charge < -0.3 is 5.32 Å². The Labute approximate surface area is 152 Å². The quantitative estimate of drug-likeness (QED) is 0.540. The van der Waals surface area contributed by atoms with Crippen LogP contribution in [-0.4, -0.2) is 9.55 Å². The van der Waals surface area contributed by atoms with Crippen molar-refractivity contribution in [1.82, 2.24) is 9.55 Å². The number of benzene rings is 3. The van der Waals surface area contributed by atoms with Crippen molar-refractivity contribution in [2.75, 3.05) is 5.32 Å². The summed E-state index contributed by atoms with van der Waals surface area (Å²) in [5, 5.41) is 3.85. The van der Waals surface area contributed by atoms with Gasteiger partial charge in [0.15, 0.2) is 0 Å². The molecule has 0 atom stereocenters. The van der Waals surface area contributed by atoms with Gasteiger partial charge >= 0.3 is 0 Å². The predicted octanol–water partition coefficient (Wildman–Crippen LogP) is 4.89. The Bertz CT molecular complexity index is 1090. The lowest BCUT2D eigenvalue weighted by Gasteiger charge is -2.15. The highest BCUT2D eigenvalue weighted by molar-refractivity contribution is 9.10. The number of para-hydroxylation sites is 2. The zero-order valence-corrected chi connectivity index (χ0v) is 14.8. The van der Waals surface area contributed by atoms with Crippen molar-refractivity contribution in [3.05, 3.63) is 93.7 Å². The van der Waals surface area contributed by atoms with E-state index in [-0.39, 0.29) is 5.56 Å². The fourth-order valence-corrected chi connectivity index (χ4v) is 2.96. The van der Waals surface area contributed by atoms with Gasteiger partial charge in [-0.25, -0.2) is 9.55 Å². The van der Waals surface area contributed by atoms with Crippen LogP contribution in [0.3, 0.4) is 0 Å². The van der Waals surface area contributed by atoms with E-state index in [0.29, 0.717) is 16.9 Å². The van der Waals surface area contributed by atoms with Crippen LogP contribution in [0, 0.1) is 0 Å². The molecule has 0 amide bonds. The number of hydrogen-bond acceptors (Lipinski definition) is 3. The van der Waals surface area contributed by atoms with Crippen LogP contribution in [-0.2, 0) is 0 Å². The normalized spacial score (nSPS) is 10.8. The monoisotopic (exact) mass is 391 g/mol. The average molecular weight is 392 g/mol. The van der Waals surface area contributed by atoms with Crippen LogP contribution in [0.15, 0.2) is 88.1 Å². The van der Waals surface area contributed by atoms with Gasteiger partial charge in [0.2, 0.25) is 5.95 Å². The number of rotatable bonds is 3. The van der Waals surface area contributed by atoms with Gasteiger partial charge in [0.05, 0.1) is 16.6 Å². The minimum Gasteiger partial charge on any atom is -0.325 e. The molecular formula is C20H14BrN3O. The minimum absolute atomic E-state index is 0.101. The van der Waals surface area contributed by atoms with Gasteiger partial charge in [-0.3, -0.25) is 4.79 Å². The number of fused-ring (bicyclic) bond motifs is 1. The maximum Gasteiger partial charge on any atom is 0.267 e. The number of nitrogens with one attached hydrogen (secondary N) is 1. The molecule has 0 saturated carbocycles. The summed E-state index contributed by atoms with van der Waals surface area (Å²) in [7, 11) is 0. The SMILES string of the molecule is O=c1c2ccccc2nc(Nc2ccc(Br)cc2)n1-c1ccccc1. The smallest absolute Gasteiger partial charge is 0.267 e. The lowest BCUT2D eigenvalue weighted by Crippen LogP contribution is -2.22. The Kier molecular flexibility index (Phi) is 4.07. The summed E-state index contributed by atoms with van der Waals surface area (Å²) in [5.41, 5.74) is 2.19. The number of aromatic nitrogens is 2. The van der Waals surface area contributed by atoms with Crippen LogP contribution in [0.25, 0.3) is 16.6 Å². The number of anilines is 2. The van der Waals surface area contributed by atoms with Crippen molar-refractivity contribution in [2.24, 2.45) is 0 Å². The van der Waals surface area contributed by atoms with Crippen LogP contribution in [0.5, 0.6) is 0 Å². The third-order valence-electron chi connectivity index (χ3n) is 3.89. The predicted molar refractivity (Wildman–Crippen MR) is 105 cm³/mol. The van der Waals surface area contributed by atoms with Gasteiger partial charge in [-0.05, 0) is 48.5 Å². The molecule has 0 spiro atoms. The second kappa shape index (κ2) is 6.53. The second-order valence-corrected chi connectivity index (χ2v) is 6.48. The number of hydrogen-bond donors (Lipinski definition) is 1. The van der Waals surface area contributed by atoms with Crippen molar-refractivity contribution in [1.29, 1.82) is 0 Å². The molecule has 0 radical (unpaired) electrons. The van der Waals surface area contributed by atoms with E-state index >= 15 is 0 Å². The summed E-state index contributed by atoms with van der Waals surface area (Å²) in [6, 6.07) is 24.6. The summed E-state index contributed by atoms with van der Waals surface area (Å²) >= 11 is 3.43. The first-order valence-electron chi connectivity index (χ1n) is 7.82. The van der Waals surface area contributed by atoms with E-state index in [1.165, 1.54) is 0 Å². The van der Waals surface area contributed by atoms with Crippen molar-refractivity contribution in [3.8, 4) is 5.69 Å². The molecule has 0 saturated heterocycles. The molecule has 1 heterocycles. The highest BCUT2D eigenvalue weighted by atomic mass is 79.9. The fraction of sp³-hybridized carbons (Fsp3) is 0. The van der Waals surface area contributed by atoms with E-state index in [2.05, 4.69) is 26.2 Å². The summed E-state index contributed by atoms with van der Waals surface area (Å²) in [4.78, 5) is 17.7. The van der Waals surface area contributed by atoms with Crippen molar-refractivity contribution >= 4 is 38.5 Å². The van der Waals surface area contributed by atoms with Crippen LogP contribution in [0.4, 0.5) is 11.6 Å². The molecule has 0 aliphatic carbocycles. The lowest BCUT2D eigenvalue weighted by atomic mass is 10.2. The molecule has 0 bridgehead atoms. The average Bonchev–Trinajstić information content (AvgIpc) is 2.65. The molecule has 1 aromatic heterocycles.